The molecule has 1 nitrogen and oxygen atoms in total. The van der Waals surface area contributed by atoms with E-state index < -0.39 is 0 Å². The number of hydrogen-bond acceptors (Lipinski definition) is 2. The average molecular weight is 394 g/mol. The van der Waals surface area contributed by atoms with Gasteiger partial charge in [-0.25, -0.2) is 0 Å². The Hall–Kier alpha value is -1.80. The highest BCUT2D eigenvalue weighted by Gasteiger charge is 2.16. The van der Waals surface area contributed by atoms with Crippen molar-refractivity contribution in [1.29, 1.82) is 0 Å². The summed E-state index contributed by atoms with van der Waals surface area (Å²) in [4.78, 5) is 4.04. The highest BCUT2D eigenvalue weighted by molar-refractivity contribution is 7.20. The molecule has 2 heteroatoms. The van der Waals surface area contributed by atoms with Crippen LogP contribution in [0.3, 0.4) is 0 Å². The molecule has 1 saturated heterocycles. The molecule has 0 atom stereocenters. The van der Waals surface area contributed by atoms with E-state index in [1.165, 1.54) is 80.9 Å². The summed E-state index contributed by atoms with van der Waals surface area (Å²) in [5.74, 6) is 0. The summed E-state index contributed by atoms with van der Waals surface area (Å²) >= 11 is 1.94. The zero-order chi connectivity index (χ0) is 20.3. The van der Waals surface area contributed by atoms with Crippen LogP contribution in [0.15, 0.2) is 52.8 Å². The van der Waals surface area contributed by atoms with Crippen LogP contribution in [0.2, 0.25) is 0 Å². The molecular formula is C26H35NS. The quantitative estimate of drug-likeness (QED) is 0.464. The average Bonchev–Trinajstić information content (AvgIpc) is 3.05. The molecule has 0 unspecified atom stereocenters. The maximum atomic E-state index is 2.59. The predicted octanol–water partition coefficient (Wildman–Crippen LogP) is 8.12. The van der Waals surface area contributed by atoms with E-state index in [0.29, 0.717) is 0 Å². The normalized spacial score (nSPS) is 16.4. The number of aryl methyl sites for hydroxylation is 1. The highest BCUT2D eigenvalue weighted by Crippen LogP contribution is 2.38. The third-order valence-electron chi connectivity index (χ3n) is 6.15. The second-order valence-corrected chi connectivity index (χ2v) is 9.30. The fraction of sp³-hybridized carbons (Fsp3) is 0.462. The first kappa shape index (κ1) is 20.9. The largest absolute Gasteiger partial charge is 0.375 e. The van der Waals surface area contributed by atoms with Crippen molar-refractivity contribution in [3.63, 3.8) is 0 Å². The van der Waals surface area contributed by atoms with Gasteiger partial charge in [0.1, 0.15) is 0 Å². The number of hydrogen-bond donors (Lipinski definition) is 0. The van der Waals surface area contributed by atoms with Crippen molar-refractivity contribution in [3.05, 3.63) is 63.2 Å². The van der Waals surface area contributed by atoms with Gasteiger partial charge in [-0.15, -0.1) is 11.3 Å². The zero-order valence-electron chi connectivity index (χ0n) is 18.5. The first-order valence-corrected chi connectivity index (χ1v) is 11.5. The summed E-state index contributed by atoms with van der Waals surface area (Å²) in [6.07, 6.45) is 7.55. The van der Waals surface area contributed by atoms with Crippen LogP contribution in [0.4, 0.5) is 0 Å². The van der Waals surface area contributed by atoms with Gasteiger partial charge in [-0.1, -0.05) is 36.8 Å². The Balaban J connectivity index is 2.04. The van der Waals surface area contributed by atoms with Crippen LogP contribution in [0.5, 0.6) is 0 Å². The van der Waals surface area contributed by atoms with Crippen LogP contribution in [0.25, 0.3) is 15.7 Å². The summed E-state index contributed by atoms with van der Waals surface area (Å²) in [6.45, 7) is 16.1. The van der Waals surface area contributed by atoms with Crippen molar-refractivity contribution in [1.82, 2.24) is 4.90 Å². The summed E-state index contributed by atoms with van der Waals surface area (Å²) in [6, 6.07) is 8.80. The number of fused-ring (bicyclic) bond motifs is 1. The molecule has 0 radical (unpaired) electrons. The smallest absolute Gasteiger partial charge is 0.0352 e. The van der Waals surface area contributed by atoms with E-state index in [-0.39, 0.29) is 0 Å². The van der Waals surface area contributed by atoms with Gasteiger partial charge in [0.15, 0.2) is 0 Å². The highest BCUT2D eigenvalue weighted by atomic mass is 32.1. The lowest BCUT2D eigenvalue weighted by Gasteiger charge is -2.31. The second-order valence-electron chi connectivity index (χ2n) is 8.25. The van der Waals surface area contributed by atoms with Gasteiger partial charge < -0.3 is 4.90 Å². The molecule has 0 N–H and O–H groups in total. The van der Waals surface area contributed by atoms with Crippen molar-refractivity contribution in [2.24, 2.45) is 0 Å². The minimum atomic E-state index is 1.06. The van der Waals surface area contributed by atoms with Gasteiger partial charge in [-0.05, 0) is 94.0 Å². The zero-order valence-corrected chi connectivity index (χ0v) is 19.3. The Bertz CT molecular complexity index is 928. The summed E-state index contributed by atoms with van der Waals surface area (Å²) in [5.41, 5.74) is 8.59. The molecule has 1 aliphatic heterocycles. The van der Waals surface area contributed by atoms with Crippen LogP contribution in [0, 0.1) is 6.92 Å². The summed E-state index contributed by atoms with van der Waals surface area (Å²) < 4.78 is 1.39. The van der Waals surface area contributed by atoms with Gasteiger partial charge in [0, 0.05) is 28.4 Å². The second kappa shape index (κ2) is 9.13. The van der Waals surface area contributed by atoms with Crippen molar-refractivity contribution < 1.29 is 0 Å². The molecule has 2 aromatic rings. The molecule has 1 aliphatic rings. The van der Waals surface area contributed by atoms with E-state index in [2.05, 4.69) is 76.8 Å². The van der Waals surface area contributed by atoms with Crippen LogP contribution in [-0.2, 0) is 0 Å². The Labute approximate surface area is 175 Å². The number of thiophene rings is 1. The van der Waals surface area contributed by atoms with Crippen molar-refractivity contribution in [3.8, 4) is 0 Å². The summed E-state index contributed by atoms with van der Waals surface area (Å²) in [5, 5.41) is 1.40. The molecule has 0 saturated carbocycles. The molecule has 150 valence electrons. The van der Waals surface area contributed by atoms with E-state index in [4.69, 9.17) is 0 Å². The van der Waals surface area contributed by atoms with Gasteiger partial charge in [0.25, 0.3) is 0 Å². The first-order chi connectivity index (χ1) is 13.4. The number of likely N-dealkylation sites (tertiary alicyclic amines) is 1. The van der Waals surface area contributed by atoms with Gasteiger partial charge >= 0.3 is 0 Å². The fourth-order valence-corrected chi connectivity index (χ4v) is 5.57. The van der Waals surface area contributed by atoms with Gasteiger partial charge in [0.05, 0.1) is 0 Å². The molecule has 0 bridgehead atoms. The topological polar surface area (TPSA) is 3.24 Å². The van der Waals surface area contributed by atoms with Crippen LogP contribution in [0.1, 0.15) is 70.7 Å². The third kappa shape index (κ3) is 4.27. The van der Waals surface area contributed by atoms with Gasteiger partial charge in [-0.2, -0.15) is 0 Å². The van der Waals surface area contributed by atoms with Crippen molar-refractivity contribution in [2.45, 2.75) is 67.2 Å². The molecule has 28 heavy (non-hydrogen) atoms. The Morgan fingerprint density at radius 3 is 2.32 bits per heavy atom. The van der Waals surface area contributed by atoms with Crippen molar-refractivity contribution >= 4 is 27.0 Å². The minimum absolute atomic E-state index is 1.06. The van der Waals surface area contributed by atoms with Gasteiger partial charge in [-0.3, -0.25) is 0 Å². The standard InChI is InChI=1S/C26H35NS/c1-7-22(26-20(5)23-13-9-10-14-25(23)28-26)17-24(18(2)3)19(4)21(6)27-15-11-8-12-16-27/h9-10,13-14,17H,7-8,11-12,15-16H2,1-6H3/b21-19+,22-17+. The molecule has 1 aromatic heterocycles. The minimum Gasteiger partial charge on any atom is -0.375 e. The molecule has 1 aromatic carbocycles. The van der Waals surface area contributed by atoms with E-state index in [1.54, 1.807) is 0 Å². The lowest BCUT2D eigenvalue weighted by atomic mass is 9.95. The Kier molecular flexibility index (Phi) is 6.82. The lowest BCUT2D eigenvalue weighted by Crippen LogP contribution is -2.28. The number of rotatable bonds is 5. The molecule has 1 fully saturated rings. The molecule has 0 amide bonds. The fourth-order valence-electron chi connectivity index (χ4n) is 4.27. The monoisotopic (exact) mass is 393 g/mol. The van der Waals surface area contributed by atoms with E-state index in [1.807, 2.05) is 11.3 Å². The first-order valence-electron chi connectivity index (χ1n) is 10.7. The molecular weight excluding hydrogens is 358 g/mol. The molecule has 0 spiro atoms. The van der Waals surface area contributed by atoms with Crippen LogP contribution < -0.4 is 0 Å². The maximum absolute atomic E-state index is 2.59. The van der Waals surface area contributed by atoms with E-state index >= 15 is 0 Å². The Morgan fingerprint density at radius 2 is 1.71 bits per heavy atom. The summed E-state index contributed by atoms with van der Waals surface area (Å²) in [7, 11) is 0. The van der Waals surface area contributed by atoms with E-state index in [9.17, 15) is 0 Å². The van der Waals surface area contributed by atoms with Gasteiger partial charge in [0.2, 0.25) is 0 Å². The SMILES string of the molecule is CC/C(=C\C(=C(C)C)/C(C)=C(\C)N1CCCCC1)c1sc2ccccc2c1C. The molecule has 3 rings (SSSR count). The van der Waals surface area contributed by atoms with Crippen LogP contribution >= 0.6 is 11.3 Å². The maximum Gasteiger partial charge on any atom is 0.0352 e. The van der Waals surface area contributed by atoms with Crippen molar-refractivity contribution in [2.75, 3.05) is 13.1 Å². The van der Waals surface area contributed by atoms with E-state index in [0.717, 1.165) is 6.42 Å². The molecule has 0 aliphatic carbocycles. The Morgan fingerprint density at radius 1 is 1.04 bits per heavy atom. The lowest BCUT2D eigenvalue weighted by molar-refractivity contribution is 0.284. The van der Waals surface area contributed by atoms with Crippen LogP contribution in [-0.4, -0.2) is 18.0 Å². The molecule has 2 heterocycles. The number of piperidine rings is 1. The third-order valence-corrected chi connectivity index (χ3v) is 7.50. The number of benzene rings is 1. The number of allylic oxidation sites excluding steroid dienone is 6. The predicted molar refractivity (Wildman–Crippen MR) is 127 cm³/mol. The number of nitrogens with zero attached hydrogens (tertiary/aromatic N) is 1.